The Morgan fingerprint density at radius 2 is 2.05 bits per heavy atom. The van der Waals surface area contributed by atoms with Crippen LogP contribution in [0.3, 0.4) is 0 Å². The van der Waals surface area contributed by atoms with Gasteiger partial charge in [-0.1, -0.05) is 24.3 Å². The molecule has 0 saturated carbocycles. The van der Waals surface area contributed by atoms with E-state index in [1.54, 1.807) is 0 Å². The predicted molar refractivity (Wildman–Crippen MR) is 82.1 cm³/mol. The normalized spacial score (nSPS) is 10.2. The standard InChI is InChI=1S/C14H17N5O2/c1-10-4-2-3-5-11(10)8-9-16-14-12(19(20)21)6-7-13(17-14)18-15/h2-7H,8-9,15H2,1H3,(H2,16,17,18). The molecule has 0 radical (unpaired) electrons. The van der Waals surface area contributed by atoms with Gasteiger partial charge in [-0.25, -0.2) is 10.8 Å². The Hall–Kier alpha value is -2.67. The van der Waals surface area contributed by atoms with Crippen molar-refractivity contribution in [3.05, 3.63) is 57.6 Å². The minimum absolute atomic E-state index is 0.0706. The number of nitrogens with one attached hydrogen (secondary N) is 2. The number of rotatable bonds is 6. The summed E-state index contributed by atoms with van der Waals surface area (Å²) in [6, 6.07) is 10.9. The number of aryl methyl sites for hydroxylation is 1. The lowest BCUT2D eigenvalue weighted by molar-refractivity contribution is -0.384. The van der Waals surface area contributed by atoms with E-state index in [-0.39, 0.29) is 11.5 Å². The fraction of sp³-hybridized carbons (Fsp3) is 0.214. The number of pyridine rings is 1. The van der Waals surface area contributed by atoms with Crippen molar-refractivity contribution in [2.24, 2.45) is 5.84 Å². The second-order valence-electron chi connectivity index (χ2n) is 4.57. The second kappa shape index (κ2) is 6.67. The van der Waals surface area contributed by atoms with Crippen LogP contribution in [0.25, 0.3) is 0 Å². The van der Waals surface area contributed by atoms with E-state index in [1.807, 2.05) is 31.2 Å². The smallest absolute Gasteiger partial charge is 0.311 e. The minimum atomic E-state index is -0.469. The van der Waals surface area contributed by atoms with Gasteiger partial charge >= 0.3 is 5.69 Å². The highest BCUT2D eigenvalue weighted by Gasteiger charge is 2.15. The van der Waals surface area contributed by atoms with Crippen molar-refractivity contribution in [1.82, 2.24) is 4.98 Å². The first-order valence-corrected chi connectivity index (χ1v) is 6.52. The molecule has 0 spiro atoms. The topological polar surface area (TPSA) is 106 Å². The monoisotopic (exact) mass is 287 g/mol. The third kappa shape index (κ3) is 3.67. The molecule has 0 bridgehead atoms. The van der Waals surface area contributed by atoms with Crippen molar-refractivity contribution >= 4 is 17.3 Å². The summed E-state index contributed by atoms with van der Waals surface area (Å²) < 4.78 is 0. The van der Waals surface area contributed by atoms with Crippen molar-refractivity contribution in [3.8, 4) is 0 Å². The first-order chi connectivity index (χ1) is 10.1. The van der Waals surface area contributed by atoms with Gasteiger partial charge in [0, 0.05) is 12.6 Å². The molecule has 0 saturated heterocycles. The number of hydrogen-bond donors (Lipinski definition) is 3. The zero-order valence-corrected chi connectivity index (χ0v) is 11.7. The van der Waals surface area contributed by atoms with Gasteiger partial charge in [-0.3, -0.25) is 10.1 Å². The van der Waals surface area contributed by atoms with Crippen LogP contribution >= 0.6 is 0 Å². The molecule has 0 aliphatic carbocycles. The SMILES string of the molecule is Cc1ccccc1CCNc1nc(NN)ccc1[N+](=O)[O-]. The van der Waals surface area contributed by atoms with Crippen LogP contribution in [-0.2, 0) is 6.42 Å². The second-order valence-corrected chi connectivity index (χ2v) is 4.57. The van der Waals surface area contributed by atoms with Crippen LogP contribution in [0.2, 0.25) is 0 Å². The maximum atomic E-state index is 11.0. The van der Waals surface area contributed by atoms with E-state index < -0.39 is 4.92 Å². The first kappa shape index (κ1) is 14.7. The van der Waals surface area contributed by atoms with Crippen LogP contribution in [0.4, 0.5) is 17.3 Å². The number of aromatic nitrogens is 1. The Kier molecular flexibility index (Phi) is 4.68. The van der Waals surface area contributed by atoms with Crippen LogP contribution in [0, 0.1) is 17.0 Å². The van der Waals surface area contributed by atoms with E-state index in [2.05, 4.69) is 15.7 Å². The Morgan fingerprint density at radius 3 is 2.71 bits per heavy atom. The average Bonchev–Trinajstić information content (AvgIpc) is 2.48. The summed E-state index contributed by atoms with van der Waals surface area (Å²) in [5.74, 6) is 5.86. The molecule has 0 fully saturated rings. The fourth-order valence-corrected chi connectivity index (χ4v) is 2.02. The van der Waals surface area contributed by atoms with E-state index in [9.17, 15) is 10.1 Å². The van der Waals surface area contributed by atoms with E-state index >= 15 is 0 Å². The van der Waals surface area contributed by atoms with E-state index in [1.165, 1.54) is 23.3 Å². The molecule has 0 unspecified atom stereocenters. The number of nitrogens with two attached hydrogens (primary N) is 1. The number of hydrogen-bond acceptors (Lipinski definition) is 6. The van der Waals surface area contributed by atoms with Gasteiger partial charge in [0.2, 0.25) is 5.82 Å². The lowest BCUT2D eigenvalue weighted by Crippen LogP contribution is -2.13. The van der Waals surface area contributed by atoms with Crippen molar-refractivity contribution in [1.29, 1.82) is 0 Å². The average molecular weight is 287 g/mol. The third-order valence-electron chi connectivity index (χ3n) is 3.17. The van der Waals surface area contributed by atoms with E-state index in [0.717, 1.165) is 6.42 Å². The van der Waals surface area contributed by atoms with Crippen LogP contribution in [0.5, 0.6) is 0 Å². The lowest BCUT2D eigenvalue weighted by Gasteiger charge is -2.09. The largest absolute Gasteiger partial charge is 0.364 e. The summed E-state index contributed by atoms with van der Waals surface area (Å²) in [5.41, 5.74) is 4.70. The highest BCUT2D eigenvalue weighted by Crippen LogP contribution is 2.23. The number of nitrogens with zero attached hydrogens (tertiary/aromatic N) is 2. The molecule has 2 rings (SSSR count). The Balaban J connectivity index is 2.08. The third-order valence-corrected chi connectivity index (χ3v) is 3.17. The quantitative estimate of drug-likeness (QED) is 0.427. The maximum absolute atomic E-state index is 11.0. The highest BCUT2D eigenvalue weighted by molar-refractivity contribution is 5.60. The molecule has 4 N–H and O–H groups in total. The van der Waals surface area contributed by atoms with Crippen LogP contribution < -0.4 is 16.6 Å². The minimum Gasteiger partial charge on any atom is -0.364 e. The van der Waals surface area contributed by atoms with Gasteiger partial charge in [0.15, 0.2) is 0 Å². The predicted octanol–water partition coefficient (Wildman–Crippen LogP) is 2.24. The summed E-state index contributed by atoms with van der Waals surface area (Å²) in [7, 11) is 0. The maximum Gasteiger partial charge on any atom is 0.311 e. The van der Waals surface area contributed by atoms with Crippen LogP contribution in [-0.4, -0.2) is 16.5 Å². The van der Waals surface area contributed by atoms with Gasteiger partial charge in [0.25, 0.3) is 0 Å². The Labute approximate surface area is 122 Å². The molecule has 0 aliphatic rings. The number of benzene rings is 1. The van der Waals surface area contributed by atoms with Gasteiger partial charge in [-0.05, 0) is 30.5 Å². The number of anilines is 2. The van der Waals surface area contributed by atoms with Gasteiger partial charge < -0.3 is 10.7 Å². The van der Waals surface area contributed by atoms with Crippen molar-refractivity contribution in [2.45, 2.75) is 13.3 Å². The summed E-state index contributed by atoms with van der Waals surface area (Å²) in [6.07, 6.45) is 0.756. The van der Waals surface area contributed by atoms with Crippen LogP contribution in [0.1, 0.15) is 11.1 Å². The lowest BCUT2D eigenvalue weighted by atomic mass is 10.1. The fourth-order valence-electron chi connectivity index (χ4n) is 2.02. The van der Waals surface area contributed by atoms with Gasteiger partial charge in [-0.2, -0.15) is 0 Å². The van der Waals surface area contributed by atoms with E-state index in [0.29, 0.717) is 12.4 Å². The van der Waals surface area contributed by atoms with Gasteiger partial charge in [0.05, 0.1) is 4.92 Å². The molecule has 110 valence electrons. The molecule has 0 atom stereocenters. The van der Waals surface area contributed by atoms with Gasteiger partial charge in [-0.15, -0.1) is 0 Å². The summed E-state index contributed by atoms with van der Waals surface area (Å²) in [5, 5.41) is 14.0. The molecule has 21 heavy (non-hydrogen) atoms. The molecule has 2 aromatic rings. The Morgan fingerprint density at radius 1 is 1.29 bits per heavy atom. The first-order valence-electron chi connectivity index (χ1n) is 6.52. The zero-order valence-electron chi connectivity index (χ0n) is 11.7. The molecule has 1 heterocycles. The number of hydrazine groups is 1. The zero-order chi connectivity index (χ0) is 15.2. The van der Waals surface area contributed by atoms with Crippen LogP contribution in [0.15, 0.2) is 36.4 Å². The molecular formula is C14H17N5O2. The molecule has 1 aromatic carbocycles. The summed E-state index contributed by atoms with van der Waals surface area (Å²) in [4.78, 5) is 14.6. The summed E-state index contributed by atoms with van der Waals surface area (Å²) >= 11 is 0. The molecule has 7 nitrogen and oxygen atoms in total. The van der Waals surface area contributed by atoms with Crippen molar-refractivity contribution in [2.75, 3.05) is 17.3 Å². The number of nitrogen functional groups attached to an aromatic ring is 1. The molecule has 0 amide bonds. The Bertz CT molecular complexity index is 645. The van der Waals surface area contributed by atoms with Crippen molar-refractivity contribution in [3.63, 3.8) is 0 Å². The van der Waals surface area contributed by atoms with E-state index in [4.69, 9.17) is 5.84 Å². The van der Waals surface area contributed by atoms with Crippen molar-refractivity contribution < 1.29 is 4.92 Å². The van der Waals surface area contributed by atoms with Gasteiger partial charge in [0.1, 0.15) is 5.82 Å². The summed E-state index contributed by atoms with van der Waals surface area (Å²) in [6.45, 7) is 2.59. The molecule has 7 heteroatoms. The highest BCUT2D eigenvalue weighted by atomic mass is 16.6. The molecule has 1 aromatic heterocycles. The molecular weight excluding hydrogens is 270 g/mol. The molecule has 0 aliphatic heterocycles. The number of nitro groups is 1.